The summed E-state index contributed by atoms with van der Waals surface area (Å²) in [6.45, 7) is 0. The number of aromatic nitrogens is 2. The Morgan fingerprint density at radius 3 is 3.11 bits per heavy atom. The van der Waals surface area contributed by atoms with E-state index in [0.29, 0.717) is 18.0 Å². The van der Waals surface area contributed by atoms with Gasteiger partial charge in [-0.05, 0) is 38.0 Å². The lowest BCUT2D eigenvalue weighted by Gasteiger charge is -2.14. The number of nitrogens with one attached hydrogen (secondary N) is 1. The van der Waals surface area contributed by atoms with Gasteiger partial charge in [-0.2, -0.15) is 5.10 Å². The number of nitrogens with zero attached hydrogens (tertiary/aromatic N) is 1. The minimum atomic E-state index is -0.318. The molecule has 0 saturated heterocycles. The van der Waals surface area contributed by atoms with Crippen molar-refractivity contribution in [2.24, 2.45) is 5.92 Å². The van der Waals surface area contributed by atoms with Crippen LogP contribution in [-0.2, 0) is 17.6 Å². The maximum absolute atomic E-state index is 12.1. The maximum atomic E-state index is 12.1. The van der Waals surface area contributed by atoms with E-state index in [-0.39, 0.29) is 12.1 Å². The highest BCUT2D eigenvalue weighted by molar-refractivity contribution is 5.89. The average Bonchev–Trinajstić information content (AvgIpc) is 2.95. The lowest BCUT2D eigenvalue weighted by Crippen LogP contribution is -2.21. The fourth-order valence-electron chi connectivity index (χ4n) is 2.57. The van der Waals surface area contributed by atoms with Crippen molar-refractivity contribution in [3.05, 3.63) is 17.0 Å². The summed E-state index contributed by atoms with van der Waals surface area (Å²) in [7, 11) is 0. The second kappa shape index (κ2) is 4.49. The molecule has 0 radical (unpaired) electrons. The highest BCUT2D eigenvalue weighted by atomic mass is 16.5. The van der Waals surface area contributed by atoms with Crippen LogP contribution in [0, 0.1) is 18.3 Å². The third kappa shape index (κ3) is 2.01. The summed E-state index contributed by atoms with van der Waals surface area (Å²) in [5, 5.41) is 7.01. The summed E-state index contributed by atoms with van der Waals surface area (Å²) in [4.78, 5) is 12.1. The molecule has 2 aliphatic carbocycles. The normalized spacial score (nSPS) is 19.1. The van der Waals surface area contributed by atoms with Crippen molar-refractivity contribution in [1.29, 1.82) is 0 Å². The predicted molar refractivity (Wildman–Crippen MR) is 66.0 cm³/mol. The molecule has 4 nitrogen and oxygen atoms in total. The number of fused-ring (bicyclic) bond motifs is 1. The van der Waals surface area contributed by atoms with Gasteiger partial charge < -0.3 is 4.74 Å². The third-order valence-electron chi connectivity index (χ3n) is 3.72. The van der Waals surface area contributed by atoms with Crippen LogP contribution in [0.4, 0.5) is 0 Å². The molecule has 18 heavy (non-hydrogen) atoms. The number of esters is 1. The van der Waals surface area contributed by atoms with Gasteiger partial charge in [0.25, 0.3) is 0 Å². The van der Waals surface area contributed by atoms with Gasteiger partial charge >= 0.3 is 5.97 Å². The predicted octanol–water partition coefficient (Wildman–Crippen LogP) is 1.86. The first-order chi connectivity index (χ1) is 8.79. The summed E-state index contributed by atoms with van der Waals surface area (Å²) < 4.78 is 5.52. The molecule has 4 heteroatoms. The van der Waals surface area contributed by atoms with Gasteiger partial charge in [0.1, 0.15) is 6.10 Å². The van der Waals surface area contributed by atoms with Crippen LogP contribution in [0.3, 0.4) is 0 Å². The van der Waals surface area contributed by atoms with Crippen LogP contribution in [0.5, 0.6) is 0 Å². The van der Waals surface area contributed by atoms with Crippen LogP contribution < -0.4 is 0 Å². The number of hydrogen-bond donors (Lipinski definition) is 1. The zero-order valence-electron chi connectivity index (χ0n) is 10.2. The van der Waals surface area contributed by atoms with Gasteiger partial charge in [-0.15, -0.1) is 12.3 Å². The summed E-state index contributed by atoms with van der Waals surface area (Å²) in [5.41, 5.74) is 2.59. The molecule has 1 aromatic rings. The second-order valence-electron chi connectivity index (χ2n) is 5.07. The Labute approximate surface area is 106 Å². The van der Waals surface area contributed by atoms with Crippen LogP contribution in [0.2, 0.25) is 0 Å². The standard InChI is InChI=1S/C14H16N2O2/c1-2-4-12(9-7-8-9)18-14(17)13-10-5-3-6-11(10)15-16-13/h1,9,12H,3-8H2,(H,15,16)/t12-/m0/s1. The molecule has 1 heterocycles. The van der Waals surface area contributed by atoms with Crippen LogP contribution in [0.15, 0.2) is 0 Å². The van der Waals surface area contributed by atoms with E-state index < -0.39 is 0 Å². The third-order valence-corrected chi connectivity index (χ3v) is 3.72. The van der Waals surface area contributed by atoms with Crippen molar-refractivity contribution >= 4 is 5.97 Å². The summed E-state index contributed by atoms with van der Waals surface area (Å²) in [5.74, 6) is 2.72. The highest BCUT2D eigenvalue weighted by Crippen LogP contribution is 2.36. The molecule has 3 rings (SSSR count). The Morgan fingerprint density at radius 2 is 2.39 bits per heavy atom. The van der Waals surface area contributed by atoms with Gasteiger partial charge in [-0.1, -0.05) is 0 Å². The average molecular weight is 244 g/mol. The molecule has 1 saturated carbocycles. The molecule has 0 bridgehead atoms. The Hall–Kier alpha value is -1.76. The van der Waals surface area contributed by atoms with E-state index in [4.69, 9.17) is 11.2 Å². The van der Waals surface area contributed by atoms with Gasteiger partial charge in [0.2, 0.25) is 0 Å². The molecule has 0 aromatic carbocycles. The molecule has 1 fully saturated rings. The number of ether oxygens (including phenoxy) is 1. The summed E-state index contributed by atoms with van der Waals surface area (Å²) >= 11 is 0. The van der Waals surface area contributed by atoms with Gasteiger partial charge in [0.05, 0.1) is 0 Å². The van der Waals surface area contributed by atoms with Gasteiger partial charge in [-0.25, -0.2) is 4.79 Å². The Morgan fingerprint density at radius 1 is 1.56 bits per heavy atom. The van der Waals surface area contributed by atoms with Crippen molar-refractivity contribution in [2.75, 3.05) is 0 Å². The van der Waals surface area contributed by atoms with E-state index in [1.807, 2.05) is 0 Å². The van der Waals surface area contributed by atoms with E-state index in [2.05, 4.69) is 16.1 Å². The summed E-state index contributed by atoms with van der Waals surface area (Å²) in [6.07, 6.45) is 10.9. The number of aryl methyl sites for hydroxylation is 1. The Bertz CT molecular complexity index is 508. The van der Waals surface area contributed by atoms with Crippen molar-refractivity contribution in [2.45, 2.75) is 44.6 Å². The number of carbonyl (C=O) groups is 1. The fraction of sp³-hybridized carbons (Fsp3) is 0.571. The Balaban J connectivity index is 1.72. The minimum absolute atomic E-state index is 0.128. The zero-order chi connectivity index (χ0) is 12.5. The van der Waals surface area contributed by atoms with Crippen LogP contribution >= 0.6 is 0 Å². The number of H-pyrrole nitrogens is 1. The van der Waals surface area contributed by atoms with Crippen molar-refractivity contribution in [3.8, 4) is 12.3 Å². The van der Waals surface area contributed by atoms with E-state index in [9.17, 15) is 4.79 Å². The molecule has 0 unspecified atom stereocenters. The molecule has 0 aliphatic heterocycles. The number of rotatable bonds is 4. The van der Waals surface area contributed by atoms with Gasteiger partial charge in [0, 0.05) is 17.7 Å². The van der Waals surface area contributed by atoms with E-state index in [1.54, 1.807) is 0 Å². The first kappa shape index (κ1) is 11.3. The van der Waals surface area contributed by atoms with Crippen LogP contribution in [-0.4, -0.2) is 22.3 Å². The molecule has 1 atom stereocenters. The highest BCUT2D eigenvalue weighted by Gasteiger charge is 2.35. The first-order valence-electron chi connectivity index (χ1n) is 6.50. The van der Waals surface area contributed by atoms with Gasteiger partial charge in [0.15, 0.2) is 5.69 Å². The smallest absolute Gasteiger partial charge is 0.359 e. The minimum Gasteiger partial charge on any atom is -0.456 e. The summed E-state index contributed by atoms with van der Waals surface area (Å²) in [6, 6.07) is 0. The number of carbonyl (C=O) groups excluding carboxylic acids is 1. The molecule has 2 aliphatic rings. The molecule has 0 amide bonds. The SMILES string of the molecule is C#CC[C@H](OC(=O)c1n[nH]c2c1CCC2)C1CC1. The van der Waals surface area contributed by atoms with E-state index in [0.717, 1.165) is 43.4 Å². The van der Waals surface area contributed by atoms with Crippen LogP contribution in [0.1, 0.15) is 47.4 Å². The van der Waals surface area contributed by atoms with Crippen LogP contribution in [0.25, 0.3) is 0 Å². The fourth-order valence-corrected chi connectivity index (χ4v) is 2.57. The van der Waals surface area contributed by atoms with E-state index in [1.165, 1.54) is 0 Å². The number of terminal acetylenes is 1. The monoisotopic (exact) mass is 244 g/mol. The lowest BCUT2D eigenvalue weighted by atomic mass is 10.1. The molecule has 0 spiro atoms. The molecule has 1 aromatic heterocycles. The van der Waals surface area contributed by atoms with Crippen molar-refractivity contribution in [3.63, 3.8) is 0 Å². The maximum Gasteiger partial charge on any atom is 0.359 e. The molecule has 1 N–H and O–H groups in total. The molecule has 94 valence electrons. The first-order valence-corrected chi connectivity index (χ1v) is 6.50. The Kier molecular flexibility index (Phi) is 2.83. The topological polar surface area (TPSA) is 55.0 Å². The van der Waals surface area contributed by atoms with Gasteiger partial charge in [-0.3, -0.25) is 5.10 Å². The number of hydrogen-bond acceptors (Lipinski definition) is 3. The molecular formula is C14H16N2O2. The largest absolute Gasteiger partial charge is 0.456 e. The van der Waals surface area contributed by atoms with Crippen molar-refractivity contribution < 1.29 is 9.53 Å². The lowest BCUT2D eigenvalue weighted by molar-refractivity contribution is 0.0253. The number of aromatic amines is 1. The quantitative estimate of drug-likeness (QED) is 0.649. The second-order valence-corrected chi connectivity index (χ2v) is 5.07. The van der Waals surface area contributed by atoms with E-state index >= 15 is 0 Å². The molecular weight excluding hydrogens is 228 g/mol. The zero-order valence-corrected chi connectivity index (χ0v) is 10.2. The van der Waals surface area contributed by atoms with Crippen molar-refractivity contribution in [1.82, 2.24) is 10.2 Å².